The third kappa shape index (κ3) is 1.38. The molecule has 0 unspecified atom stereocenters. The molecule has 2 aliphatic rings. The molecule has 1 saturated carbocycles. The van der Waals surface area contributed by atoms with Gasteiger partial charge in [-0.15, -0.1) is 0 Å². The van der Waals surface area contributed by atoms with Gasteiger partial charge in [-0.1, -0.05) is 34.8 Å². The van der Waals surface area contributed by atoms with Crippen LogP contribution in [-0.2, 0) is 0 Å². The SMILES string of the molecule is O=C1c2cc(Br)ccc2[C@H]2CCCC[C@@H]12. The zero-order valence-electron chi connectivity index (χ0n) is 8.50. The number of Topliss-reactive ketones (excluding diaryl/α,β-unsaturated/α-hetero) is 1. The molecular weight excluding hydrogens is 252 g/mol. The molecule has 0 saturated heterocycles. The Kier molecular flexibility index (Phi) is 2.20. The van der Waals surface area contributed by atoms with E-state index in [-0.39, 0.29) is 0 Å². The van der Waals surface area contributed by atoms with Gasteiger partial charge in [0.1, 0.15) is 0 Å². The van der Waals surface area contributed by atoms with Crippen LogP contribution in [0.1, 0.15) is 47.5 Å². The summed E-state index contributed by atoms with van der Waals surface area (Å²) in [6.07, 6.45) is 4.80. The van der Waals surface area contributed by atoms with E-state index in [2.05, 4.69) is 28.1 Å². The Morgan fingerprint density at radius 1 is 1.13 bits per heavy atom. The van der Waals surface area contributed by atoms with Crippen molar-refractivity contribution >= 4 is 21.7 Å². The van der Waals surface area contributed by atoms with Gasteiger partial charge in [-0.05, 0) is 36.5 Å². The predicted octanol–water partition coefficient (Wildman–Crippen LogP) is 3.92. The number of rotatable bonds is 0. The van der Waals surface area contributed by atoms with Crippen LogP contribution in [0.25, 0.3) is 0 Å². The average molecular weight is 265 g/mol. The van der Waals surface area contributed by atoms with Crippen molar-refractivity contribution in [1.29, 1.82) is 0 Å². The number of benzene rings is 1. The molecule has 0 N–H and O–H groups in total. The highest BCUT2D eigenvalue weighted by Crippen LogP contribution is 2.46. The Balaban J connectivity index is 2.11. The van der Waals surface area contributed by atoms with Crippen LogP contribution in [0.15, 0.2) is 22.7 Å². The molecule has 3 rings (SSSR count). The summed E-state index contributed by atoms with van der Waals surface area (Å²) < 4.78 is 1.02. The van der Waals surface area contributed by atoms with Gasteiger partial charge < -0.3 is 0 Å². The molecule has 0 aliphatic heterocycles. The minimum atomic E-state index is 0.294. The van der Waals surface area contributed by atoms with E-state index in [1.54, 1.807) is 0 Å². The maximum atomic E-state index is 12.2. The second-order valence-corrected chi connectivity index (χ2v) is 5.51. The average Bonchev–Trinajstić information content (AvgIpc) is 2.54. The van der Waals surface area contributed by atoms with E-state index in [1.165, 1.54) is 24.8 Å². The summed E-state index contributed by atoms with van der Waals surface area (Å²) in [6, 6.07) is 6.19. The van der Waals surface area contributed by atoms with Gasteiger partial charge in [-0.2, -0.15) is 0 Å². The first-order valence-electron chi connectivity index (χ1n) is 5.61. The second kappa shape index (κ2) is 3.44. The lowest BCUT2D eigenvalue weighted by atomic mass is 9.79. The molecule has 1 nitrogen and oxygen atoms in total. The number of carbonyl (C=O) groups is 1. The van der Waals surface area contributed by atoms with Gasteiger partial charge in [-0.3, -0.25) is 4.79 Å². The quantitative estimate of drug-likeness (QED) is 0.694. The van der Waals surface area contributed by atoms with Gasteiger partial charge in [0.05, 0.1) is 0 Å². The first-order chi connectivity index (χ1) is 7.27. The summed E-state index contributed by atoms with van der Waals surface area (Å²) in [5.74, 6) is 1.20. The Bertz CT molecular complexity index is 425. The fraction of sp³-hybridized carbons (Fsp3) is 0.462. The Morgan fingerprint density at radius 2 is 1.87 bits per heavy atom. The van der Waals surface area contributed by atoms with E-state index >= 15 is 0 Å². The lowest BCUT2D eigenvalue weighted by molar-refractivity contribution is 0.0898. The van der Waals surface area contributed by atoms with Crippen LogP contribution < -0.4 is 0 Å². The molecule has 0 bridgehead atoms. The van der Waals surface area contributed by atoms with E-state index in [0.717, 1.165) is 16.5 Å². The standard InChI is InChI=1S/C13H13BrO/c14-8-5-6-10-9-3-1-2-4-11(9)13(15)12(10)7-8/h5-7,9,11H,1-4H2/t9-,11-/m1/s1. The molecule has 78 valence electrons. The van der Waals surface area contributed by atoms with Crippen molar-refractivity contribution in [2.24, 2.45) is 5.92 Å². The molecule has 1 fully saturated rings. The van der Waals surface area contributed by atoms with E-state index in [4.69, 9.17) is 0 Å². The van der Waals surface area contributed by atoms with Crippen LogP contribution in [0.4, 0.5) is 0 Å². The molecule has 0 aromatic heterocycles. The molecule has 2 heteroatoms. The van der Waals surface area contributed by atoms with Crippen molar-refractivity contribution in [1.82, 2.24) is 0 Å². The van der Waals surface area contributed by atoms with Crippen molar-refractivity contribution in [3.8, 4) is 0 Å². The maximum absolute atomic E-state index is 12.2. The van der Waals surface area contributed by atoms with Crippen LogP contribution >= 0.6 is 15.9 Å². The van der Waals surface area contributed by atoms with Crippen molar-refractivity contribution in [3.63, 3.8) is 0 Å². The van der Waals surface area contributed by atoms with Crippen molar-refractivity contribution < 1.29 is 4.79 Å². The van der Waals surface area contributed by atoms with Crippen LogP contribution in [0, 0.1) is 5.92 Å². The number of ketones is 1. The monoisotopic (exact) mass is 264 g/mol. The van der Waals surface area contributed by atoms with Gasteiger partial charge in [0.25, 0.3) is 0 Å². The van der Waals surface area contributed by atoms with Gasteiger partial charge in [0, 0.05) is 16.0 Å². The highest BCUT2D eigenvalue weighted by Gasteiger charge is 2.40. The van der Waals surface area contributed by atoms with Crippen molar-refractivity contribution in [3.05, 3.63) is 33.8 Å². The normalized spacial score (nSPS) is 28.7. The topological polar surface area (TPSA) is 17.1 Å². The summed E-state index contributed by atoms with van der Waals surface area (Å²) in [5.41, 5.74) is 2.27. The first kappa shape index (κ1) is 9.59. The largest absolute Gasteiger partial charge is 0.294 e. The molecule has 2 aliphatic carbocycles. The molecule has 0 radical (unpaired) electrons. The molecule has 2 atom stereocenters. The fourth-order valence-electron chi connectivity index (χ4n) is 3.08. The second-order valence-electron chi connectivity index (χ2n) is 4.59. The highest BCUT2D eigenvalue weighted by molar-refractivity contribution is 9.10. The third-order valence-corrected chi connectivity index (χ3v) is 4.28. The van der Waals surface area contributed by atoms with E-state index in [1.807, 2.05) is 6.07 Å². The summed E-state index contributed by atoms with van der Waals surface area (Å²) >= 11 is 3.44. The molecule has 0 amide bonds. The molecule has 1 aromatic rings. The Morgan fingerprint density at radius 3 is 2.67 bits per heavy atom. The maximum Gasteiger partial charge on any atom is 0.166 e. The minimum absolute atomic E-state index is 0.294. The Labute approximate surface area is 98.0 Å². The fourth-order valence-corrected chi connectivity index (χ4v) is 3.44. The number of halogens is 1. The summed E-state index contributed by atoms with van der Waals surface area (Å²) in [6.45, 7) is 0. The molecule has 15 heavy (non-hydrogen) atoms. The number of carbonyl (C=O) groups excluding carboxylic acids is 1. The lowest BCUT2D eigenvalue weighted by Crippen LogP contribution is -2.17. The van der Waals surface area contributed by atoms with Crippen LogP contribution in [-0.4, -0.2) is 5.78 Å². The zero-order chi connectivity index (χ0) is 10.4. The zero-order valence-corrected chi connectivity index (χ0v) is 10.1. The first-order valence-corrected chi connectivity index (χ1v) is 6.40. The molecule has 0 spiro atoms. The van der Waals surface area contributed by atoms with E-state index in [0.29, 0.717) is 17.6 Å². The smallest absolute Gasteiger partial charge is 0.166 e. The summed E-state index contributed by atoms with van der Waals surface area (Å²) in [7, 11) is 0. The van der Waals surface area contributed by atoms with Crippen LogP contribution in [0.3, 0.4) is 0 Å². The molecule has 0 heterocycles. The van der Waals surface area contributed by atoms with Crippen LogP contribution in [0.2, 0.25) is 0 Å². The molecule has 1 aromatic carbocycles. The van der Waals surface area contributed by atoms with E-state index in [9.17, 15) is 4.79 Å². The van der Waals surface area contributed by atoms with Gasteiger partial charge in [-0.25, -0.2) is 0 Å². The molecular formula is C13H13BrO. The predicted molar refractivity (Wildman–Crippen MR) is 63.2 cm³/mol. The van der Waals surface area contributed by atoms with Gasteiger partial charge in [0.2, 0.25) is 0 Å². The summed E-state index contributed by atoms with van der Waals surface area (Å²) in [4.78, 5) is 12.2. The number of hydrogen-bond donors (Lipinski definition) is 0. The number of fused-ring (bicyclic) bond motifs is 3. The van der Waals surface area contributed by atoms with Crippen LogP contribution in [0.5, 0.6) is 0 Å². The third-order valence-electron chi connectivity index (χ3n) is 3.78. The van der Waals surface area contributed by atoms with E-state index < -0.39 is 0 Å². The lowest BCUT2D eigenvalue weighted by Gasteiger charge is -2.24. The van der Waals surface area contributed by atoms with Gasteiger partial charge in [0.15, 0.2) is 5.78 Å². The highest BCUT2D eigenvalue weighted by atomic mass is 79.9. The summed E-state index contributed by atoms with van der Waals surface area (Å²) in [5, 5.41) is 0. The number of hydrogen-bond acceptors (Lipinski definition) is 1. The van der Waals surface area contributed by atoms with Crippen molar-refractivity contribution in [2.75, 3.05) is 0 Å². The minimum Gasteiger partial charge on any atom is -0.294 e. The van der Waals surface area contributed by atoms with Crippen molar-refractivity contribution in [2.45, 2.75) is 31.6 Å². The Hall–Kier alpha value is -0.630. The van der Waals surface area contributed by atoms with Gasteiger partial charge >= 0.3 is 0 Å².